The van der Waals surface area contributed by atoms with Crippen molar-refractivity contribution in [3.63, 3.8) is 0 Å². The van der Waals surface area contributed by atoms with E-state index in [2.05, 4.69) is 11.4 Å². The molecule has 0 saturated carbocycles. The van der Waals surface area contributed by atoms with Crippen molar-refractivity contribution < 1.29 is 4.42 Å². The van der Waals surface area contributed by atoms with Gasteiger partial charge in [-0.25, -0.2) is 0 Å². The summed E-state index contributed by atoms with van der Waals surface area (Å²) < 4.78 is 5.46. The third-order valence-electron chi connectivity index (χ3n) is 2.04. The zero-order valence-corrected chi connectivity index (χ0v) is 9.09. The normalized spacial score (nSPS) is 13.6. The lowest BCUT2D eigenvalue weighted by atomic mass is 10.1. The Balaban J connectivity index is 2.69. The Kier molecular flexibility index (Phi) is 2.97. The highest BCUT2D eigenvalue weighted by atomic mass is 16.3. The maximum atomic E-state index is 8.85. The number of nitrogens with zero attached hydrogens (tertiary/aromatic N) is 1. The van der Waals surface area contributed by atoms with Gasteiger partial charge in [-0.3, -0.25) is 5.32 Å². The smallest absolute Gasteiger partial charge is 0.120 e. The van der Waals surface area contributed by atoms with Gasteiger partial charge in [-0.15, -0.1) is 0 Å². The molecule has 3 heteroatoms. The van der Waals surface area contributed by atoms with E-state index >= 15 is 0 Å². The minimum atomic E-state index is -0.528. The number of furan rings is 1. The van der Waals surface area contributed by atoms with Crippen LogP contribution < -0.4 is 5.32 Å². The summed E-state index contributed by atoms with van der Waals surface area (Å²) in [5.74, 6) is 1.76. The van der Waals surface area contributed by atoms with E-state index in [9.17, 15) is 0 Å². The lowest BCUT2D eigenvalue weighted by molar-refractivity contribution is 0.363. The second kappa shape index (κ2) is 3.85. The van der Waals surface area contributed by atoms with Gasteiger partial charge < -0.3 is 4.42 Å². The topological polar surface area (TPSA) is 49.0 Å². The lowest BCUT2D eigenvalue weighted by Crippen LogP contribution is -2.39. The van der Waals surface area contributed by atoms with Crippen LogP contribution in [-0.2, 0) is 0 Å². The van der Waals surface area contributed by atoms with E-state index in [1.807, 2.05) is 39.8 Å². The predicted molar refractivity (Wildman–Crippen MR) is 54.7 cm³/mol. The van der Waals surface area contributed by atoms with Gasteiger partial charge >= 0.3 is 0 Å². The zero-order valence-electron chi connectivity index (χ0n) is 9.09. The molecule has 1 heterocycles. The van der Waals surface area contributed by atoms with E-state index in [1.54, 1.807) is 0 Å². The van der Waals surface area contributed by atoms with Crippen molar-refractivity contribution in [2.45, 2.75) is 39.3 Å². The van der Waals surface area contributed by atoms with Crippen molar-refractivity contribution >= 4 is 0 Å². The third-order valence-corrected chi connectivity index (χ3v) is 2.04. The Hall–Kier alpha value is -1.27. The maximum absolute atomic E-state index is 8.85. The molecule has 1 rings (SSSR count). The second-order valence-electron chi connectivity index (χ2n) is 4.05. The molecule has 1 aromatic heterocycles. The molecular formula is C11H16N2O. The average molecular weight is 192 g/mol. The lowest BCUT2D eigenvalue weighted by Gasteiger charge is -2.21. The Bertz CT molecular complexity index is 346. The van der Waals surface area contributed by atoms with Crippen molar-refractivity contribution in [2.75, 3.05) is 0 Å². The number of rotatable bonds is 3. The van der Waals surface area contributed by atoms with Gasteiger partial charge in [0.1, 0.15) is 17.1 Å². The fraction of sp³-hybridized carbons (Fsp3) is 0.545. The number of aryl methyl sites for hydroxylation is 1. The zero-order chi connectivity index (χ0) is 10.8. The minimum Gasteiger partial charge on any atom is -0.465 e. The minimum absolute atomic E-state index is 0.0540. The SMILES string of the molecule is Cc1ccc(C(C)NC(C)(C)C#N)o1. The van der Waals surface area contributed by atoms with Crippen LogP contribution in [0.4, 0.5) is 0 Å². The van der Waals surface area contributed by atoms with E-state index in [0.29, 0.717) is 0 Å². The molecule has 0 saturated heterocycles. The molecule has 3 nitrogen and oxygen atoms in total. The first-order chi connectivity index (χ1) is 6.44. The molecule has 0 radical (unpaired) electrons. The van der Waals surface area contributed by atoms with Crippen LogP contribution in [0.5, 0.6) is 0 Å². The standard InChI is InChI=1S/C11H16N2O/c1-8-5-6-10(14-8)9(2)13-11(3,4)7-12/h5-6,9,13H,1-4H3. The molecule has 0 aliphatic carbocycles. The predicted octanol–water partition coefficient (Wildman–Crippen LogP) is 2.54. The van der Waals surface area contributed by atoms with Gasteiger partial charge in [0.15, 0.2) is 0 Å². The molecule has 0 bridgehead atoms. The van der Waals surface area contributed by atoms with E-state index < -0.39 is 5.54 Å². The summed E-state index contributed by atoms with van der Waals surface area (Å²) in [7, 11) is 0. The summed E-state index contributed by atoms with van der Waals surface area (Å²) in [5, 5.41) is 12.0. The van der Waals surface area contributed by atoms with Crippen LogP contribution in [0.15, 0.2) is 16.5 Å². The quantitative estimate of drug-likeness (QED) is 0.800. The molecule has 1 N–H and O–H groups in total. The number of hydrogen-bond acceptors (Lipinski definition) is 3. The highest BCUT2D eigenvalue weighted by molar-refractivity contribution is 5.11. The van der Waals surface area contributed by atoms with Gasteiger partial charge in [-0.05, 0) is 39.8 Å². The molecule has 1 unspecified atom stereocenters. The summed E-state index contributed by atoms with van der Waals surface area (Å²) in [4.78, 5) is 0. The second-order valence-corrected chi connectivity index (χ2v) is 4.05. The van der Waals surface area contributed by atoms with Gasteiger partial charge in [0.05, 0.1) is 12.1 Å². The van der Waals surface area contributed by atoms with E-state index in [4.69, 9.17) is 9.68 Å². The van der Waals surface area contributed by atoms with Crippen LogP contribution in [0.1, 0.15) is 38.3 Å². The van der Waals surface area contributed by atoms with Crippen molar-refractivity contribution in [3.8, 4) is 6.07 Å². The summed E-state index contributed by atoms with van der Waals surface area (Å²) >= 11 is 0. The summed E-state index contributed by atoms with van der Waals surface area (Å²) in [6.45, 7) is 7.58. The largest absolute Gasteiger partial charge is 0.465 e. The van der Waals surface area contributed by atoms with E-state index in [0.717, 1.165) is 11.5 Å². The summed E-state index contributed by atoms with van der Waals surface area (Å²) in [6, 6.07) is 6.10. The first-order valence-corrected chi connectivity index (χ1v) is 4.70. The first-order valence-electron chi connectivity index (χ1n) is 4.70. The monoisotopic (exact) mass is 192 g/mol. The van der Waals surface area contributed by atoms with Crippen LogP contribution >= 0.6 is 0 Å². The molecule has 0 aliphatic rings. The molecule has 1 aromatic rings. The highest BCUT2D eigenvalue weighted by Gasteiger charge is 2.21. The Morgan fingerprint density at radius 3 is 2.57 bits per heavy atom. The Labute approximate surface area is 84.7 Å². The number of nitrogens with one attached hydrogen (secondary N) is 1. The van der Waals surface area contributed by atoms with Crippen LogP contribution in [-0.4, -0.2) is 5.54 Å². The van der Waals surface area contributed by atoms with Crippen molar-refractivity contribution in [1.82, 2.24) is 5.32 Å². The van der Waals surface area contributed by atoms with Gasteiger partial charge in [0, 0.05) is 0 Å². The molecule has 76 valence electrons. The van der Waals surface area contributed by atoms with Gasteiger partial charge in [-0.1, -0.05) is 0 Å². The van der Waals surface area contributed by atoms with Crippen molar-refractivity contribution in [1.29, 1.82) is 5.26 Å². The van der Waals surface area contributed by atoms with Crippen LogP contribution in [0.2, 0.25) is 0 Å². The van der Waals surface area contributed by atoms with E-state index in [-0.39, 0.29) is 6.04 Å². The first kappa shape index (κ1) is 10.8. The van der Waals surface area contributed by atoms with Crippen LogP contribution in [0.3, 0.4) is 0 Å². The summed E-state index contributed by atoms with van der Waals surface area (Å²) in [6.07, 6.45) is 0. The van der Waals surface area contributed by atoms with Crippen LogP contribution in [0.25, 0.3) is 0 Å². The van der Waals surface area contributed by atoms with Crippen molar-refractivity contribution in [2.24, 2.45) is 0 Å². The number of hydrogen-bond donors (Lipinski definition) is 1. The number of nitriles is 1. The Morgan fingerprint density at radius 2 is 2.14 bits per heavy atom. The maximum Gasteiger partial charge on any atom is 0.120 e. The third kappa shape index (κ3) is 2.61. The Morgan fingerprint density at radius 1 is 1.50 bits per heavy atom. The molecule has 0 fully saturated rings. The highest BCUT2D eigenvalue weighted by Crippen LogP contribution is 2.18. The van der Waals surface area contributed by atoms with Gasteiger partial charge in [-0.2, -0.15) is 5.26 Å². The van der Waals surface area contributed by atoms with E-state index in [1.165, 1.54) is 0 Å². The van der Waals surface area contributed by atoms with Gasteiger partial charge in [0.2, 0.25) is 0 Å². The van der Waals surface area contributed by atoms with Gasteiger partial charge in [0.25, 0.3) is 0 Å². The molecule has 1 atom stereocenters. The summed E-state index contributed by atoms with van der Waals surface area (Å²) in [5.41, 5.74) is -0.528. The fourth-order valence-corrected chi connectivity index (χ4v) is 1.33. The van der Waals surface area contributed by atoms with Crippen molar-refractivity contribution in [3.05, 3.63) is 23.7 Å². The molecule has 0 aliphatic heterocycles. The molecule has 0 amide bonds. The van der Waals surface area contributed by atoms with Crippen LogP contribution in [0, 0.1) is 18.3 Å². The average Bonchev–Trinajstić information content (AvgIpc) is 2.51. The molecule has 14 heavy (non-hydrogen) atoms. The fourth-order valence-electron chi connectivity index (χ4n) is 1.33. The molecule has 0 spiro atoms. The molecular weight excluding hydrogens is 176 g/mol. The molecule has 0 aromatic carbocycles.